The Morgan fingerprint density at radius 2 is 1.76 bits per heavy atom. The molecule has 1 saturated carbocycles. The van der Waals surface area contributed by atoms with Crippen LogP contribution < -0.4 is 0 Å². The van der Waals surface area contributed by atoms with Gasteiger partial charge in [-0.05, 0) is 98.6 Å². The van der Waals surface area contributed by atoms with Crippen molar-refractivity contribution in [3.63, 3.8) is 0 Å². The van der Waals surface area contributed by atoms with E-state index >= 15 is 0 Å². The van der Waals surface area contributed by atoms with Gasteiger partial charge in [-0.3, -0.25) is 14.8 Å². The van der Waals surface area contributed by atoms with Gasteiger partial charge in [-0.2, -0.15) is 0 Å². The first-order chi connectivity index (χ1) is 18.2. The fourth-order valence-electron chi connectivity index (χ4n) is 5.90. The summed E-state index contributed by atoms with van der Waals surface area (Å²) < 4.78 is 27.6. The number of pyridine rings is 1. The van der Waals surface area contributed by atoms with E-state index in [1.54, 1.807) is 12.1 Å². The van der Waals surface area contributed by atoms with Gasteiger partial charge in [0, 0.05) is 36.2 Å². The van der Waals surface area contributed by atoms with E-state index in [2.05, 4.69) is 37.3 Å². The number of hydrogen-bond acceptors (Lipinski definition) is 3. The lowest BCUT2D eigenvalue weighted by Crippen LogP contribution is -2.16. The predicted molar refractivity (Wildman–Crippen MR) is 147 cm³/mol. The van der Waals surface area contributed by atoms with Crippen LogP contribution in [0.2, 0.25) is 0 Å². The van der Waals surface area contributed by atoms with Gasteiger partial charge in [0.05, 0.1) is 17.1 Å². The quantitative estimate of drug-likeness (QED) is 0.358. The van der Waals surface area contributed by atoms with Gasteiger partial charge in [0.1, 0.15) is 0 Å². The fourth-order valence-corrected chi connectivity index (χ4v) is 5.90. The first-order valence-corrected chi connectivity index (χ1v) is 13.6. The Morgan fingerprint density at radius 1 is 1.03 bits per heavy atom. The number of hydrogen-bond donors (Lipinski definition) is 1. The fraction of sp³-hybridized carbons (Fsp3) is 0.406. The van der Waals surface area contributed by atoms with Crippen molar-refractivity contribution in [2.75, 3.05) is 0 Å². The number of carboxylic acid groups (broad SMARTS) is 1. The van der Waals surface area contributed by atoms with Crippen molar-refractivity contribution in [1.29, 1.82) is 0 Å². The number of benzene rings is 2. The molecule has 4 nitrogen and oxygen atoms in total. The average molecular weight is 517 g/mol. The summed E-state index contributed by atoms with van der Waals surface area (Å²) in [6.07, 6.45) is 8.55. The molecule has 0 amide bonds. The zero-order chi connectivity index (χ0) is 26.9. The van der Waals surface area contributed by atoms with Crippen LogP contribution in [0.4, 0.5) is 14.5 Å². The zero-order valence-corrected chi connectivity index (χ0v) is 22.0. The summed E-state index contributed by atoms with van der Waals surface area (Å²) >= 11 is 0. The molecule has 1 aliphatic carbocycles. The Morgan fingerprint density at radius 3 is 2.42 bits per heavy atom. The summed E-state index contributed by atoms with van der Waals surface area (Å²) in [6, 6.07) is 15.5. The van der Waals surface area contributed by atoms with Gasteiger partial charge in [-0.25, -0.2) is 8.78 Å². The van der Waals surface area contributed by atoms with Gasteiger partial charge in [0.15, 0.2) is 0 Å². The summed E-state index contributed by atoms with van der Waals surface area (Å²) in [7, 11) is 0. The number of alkyl halides is 2. The number of carboxylic acids is 1. The van der Waals surface area contributed by atoms with E-state index in [1.165, 1.54) is 11.6 Å². The van der Waals surface area contributed by atoms with Crippen LogP contribution in [0.1, 0.15) is 85.6 Å². The largest absolute Gasteiger partial charge is 0.481 e. The first kappa shape index (κ1) is 26.2. The number of halogens is 2. The third kappa shape index (κ3) is 5.85. The SMILES string of the molecule is Cc1cc(-c2ccc(C3CCC(CC(=O)O)CC3)cc2)ncc1C1=Nc2ccc(C(C)(F)F)cc2CCC1. The third-order valence-corrected chi connectivity index (χ3v) is 8.11. The Kier molecular flexibility index (Phi) is 7.42. The minimum atomic E-state index is -2.86. The molecule has 38 heavy (non-hydrogen) atoms. The maximum atomic E-state index is 13.8. The maximum absolute atomic E-state index is 13.8. The van der Waals surface area contributed by atoms with Crippen molar-refractivity contribution in [2.45, 2.75) is 77.1 Å². The van der Waals surface area contributed by atoms with E-state index in [0.717, 1.165) is 91.2 Å². The number of aromatic nitrogens is 1. The average Bonchev–Trinajstić information content (AvgIpc) is 3.10. The van der Waals surface area contributed by atoms with Crippen molar-refractivity contribution in [1.82, 2.24) is 4.98 Å². The molecule has 1 aliphatic heterocycles. The van der Waals surface area contributed by atoms with Crippen molar-refractivity contribution in [3.8, 4) is 11.3 Å². The second-order valence-corrected chi connectivity index (χ2v) is 11.0. The van der Waals surface area contributed by atoms with E-state index in [-0.39, 0.29) is 12.0 Å². The molecule has 0 saturated heterocycles. The molecule has 0 unspecified atom stereocenters. The van der Waals surface area contributed by atoms with Crippen LogP contribution in [0.3, 0.4) is 0 Å². The Hall–Kier alpha value is -3.41. The number of rotatable bonds is 6. The maximum Gasteiger partial charge on any atom is 0.303 e. The van der Waals surface area contributed by atoms with Crippen molar-refractivity contribution in [2.24, 2.45) is 10.9 Å². The van der Waals surface area contributed by atoms with E-state index in [9.17, 15) is 13.6 Å². The van der Waals surface area contributed by atoms with Gasteiger partial charge < -0.3 is 5.11 Å². The van der Waals surface area contributed by atoms with Crippen LogP contribution in [0, 0.1) is 12.8 Å². The van der Waals surface area contributed by atoms with E-state index in [1.807, 2.05) is 6.20 Å². The van der Waals surface area contributed by atoms with Gasteiger partial charge in [0.25, 0.3) is 5.92 Å². The lowest BCUT2D eigenvalue weighted by atomic mass is 9.77. The molecule has 6 heteroatoms. The topological polar surface area (TPSA) is 62.5 Å². The van der Waals surface area contributed by atoms with Gasteiger partial charge in [-0.1, -0.05) is 30.3 Å². The highest BCUT2D eigenvalue weighted by atomic mass is 19.3. The molecule has 0 atom stereocenters. The Bertz CT molecular complexity index is 1350. The highest BCUT2D eigenvalue weighted by molar-refractivity contribution is 6.03. The molecule has 1 aromatic heterocycles. The summed E-state index contributed by atoms with van der Waals surface area (Å²) in [4.78, 5) is 20.6. The highest BCUT2D eigenvalue weighted by Gasteiger charge is 2.26. The number of carbonyl (C=O) groups is 1. The molecular weight excluding hydrogens is 482 g/mol. The van der Waals surface area contributed by atoms with E-state index in [4.69, 9.17) is 15.1 Å². The van der Waals surface area contributed by atoms with Crippen molar-refractivity contribution < 1.29 is 18.7 Å². The lowest BCUT2D eigenvalue weighted by Gasteiger charge is -2.28. The van der Waals surface area contributed by atoms with E-state index < -0.39 is 11.9 Å². The van der Waals surface area contributed by atoms with Crippen LogP contribution in [-0.2, 0) is 17.1 Å². The minimum absolute atomic E-state index is 0.0361. The van der Waals surface area contributed by atoms with Gasteiger partial charge in [-0.15, -0.1) is 0 Å². The van der Waals surface area contributed by atoms with Crippen LogP contribution in [0.25, 0.3) is 11.3 Å². The molecular formula is C32H34F2N2O2. The smallest absolute Gasteiger partial charge is 0.303 e. The molecule has 0 bridgehead atoms. The number of aliphatic imine (C=N–C) groups is 1. The van der Waals surface area contributed by atoms with Crippen LogP contribution >= 0.6 is 0 Å². The molecule has 2 heterocycles. The molecule has 2 aliphatic rings. The second-order valence-electron chi connectivity index (χ2n) is 11.0. The summed E-state index contributed by atoms with van der Waals surface area (Å²) in [6.45, 7) is 3.00. The first-order valence-electron chi connectivity index (χ1n) is 13.6. The lowest BCUT2D eigenvalue weighted by molar-refractivity contribution is -0.138. The zero-order valence-electron chi connectivity index (χ0n) is 22.0. The summed E-state index contributed by atoms with van der Waals surface area (Å²) in [5.41, 5.74) is 8.00. The summed E-state index contributed by atoms with van der Waals surface area (Å²) in [5.74, 6) is -2.76. The number of aryl methyl sites for hydroxylation is 2. The highest BCUT2D eigenvalue weighted by Crippen LogP contribution is 2.38. The molecule has 0 radical (unpaired) electrons. The number of nitrogens with zero attached hydrogens (tertiary/aromatic N) is 2. The standard InChI is InChI=1S/C32H34F2N2O2/c1-20-16-30(24-12-10-23(11-13-24)22-8-6-21(7-9-22)17-31(37)38)35-19-27(20)29-5-3-4-25-18-26(32(2,33)34)14-15-28(25)36-29/h10-16,18-19,21-22H,3-9,17H2,1-2H3,(H,37,38). The Labute approximate surface area is 222 Å². The molecule has 5 rings (SSSR count). The predicted octanol–water partition coefficient (Wildman–Crippen LogP) is 8.37. The normalized spacial score (nSPS) is 19.8. The Balaban J connectivity index is 1.31. The summed E-state index contributed by atoms with van der Waals surface area (Å²) in [5, 5.41) is 9.05. The minimum Gasteiger partial charge on any atom is -0.481 e. The number of aliphatic carboxylic acids is 1. The third-order valence-electron chi connectivity index (χ3n) is 8.11. The molecule has 2 aromatic carbocycles. The molecule has 198 valence electrons. The van der Waals surface area contributed by atoms with Crippen molar-refractivity contribution in [3.05, 3.63) is 82.5 Å². The molecule has 3 aromatic rings. The molecule has 1 N–H and O–H groups in total. The molecule has 1 fully saturated rings. The van der Waals surface area contributed by atoms with E-state index in [0.29, 0.717) is 11.8 Å². The molecule has 0 spiro atoms. The van der Waals surface area contributed by atoms with Crippen LogP contribution in [0.5, 0.6) is 0 Å². The van der Waals surface area contributed by atoms with Gasteiger partial charge >= 0.3 is 5.97 Å². The number of fused-ring (bicyclic) bond motifs is 1. The van der Waals surface area contributed by atoms with Gasteiger partial charge in [0.2, 0.25) is 0 Å². The monoisotopic (exact) mass is 516 g/mol. The second kappa shape index (κ2) is 10.8. The van der Waals surface area contributed by atoms with Crippen molar-refractivity contribution >= 4 is 17.4 Å². The van der Waals surface area contributed by atoms with Crippen LogP contribution in [-0.4, -0.2) is 21.8 Å². The van der Waals surface area contributed by atoms with Crippen LogP contribution in [0.15, 0.2) is 59.7 Å².